The number of aromatic hydroxyl groups is 1. The third kappa shape index (κ3) is 16.3. The number of phenols is 1. The number of amides is 7. The molecule has 0 spiro atoms. The molecule has 0 bridgehead atoms. The summed E-state index contributed by atoms with van der Waals surface area (Å²) in [5, 5.41) is 105. The van der Waals surface area contributed by atoms with Gasteiger partial charge in [0.2, 0.25) is 35.4 Å². The number of nitrogens with one attached hydrogen (secondary N) is 6. The van der Waals surface area contributed by atoms with E-state index in [1.165, 1.54) is 50.4 Å². The molecule has 7 rings (SSSR count). The van der Waals surface area contributed by atoms with Crippen LogP contribution in [0.25, 0.3) is 22.3 Å². The van der Waals surface area contributed by atoms with Crippen LogP contribution in [0, 0.1) is 5.92 Å². The zero-order chi connectivity index (χ0) is 62.5. The Kier molecular flexibility index (Phi) is 23.1. The van der Waals surface area contributed by atoms with Crippen molar-refractivity contribution < 1.29 is 83.9 Å². The standard InChI is InChI=1S/C61H80N8O17/c1-6-7-8-26-86-43-23-19-38(20-24-43)36-11-9-35(10-12-36)37-13-15-40(16-14-37)55(78)63-44-29-46(74)54(62-25-27-85-5)67-59(82)50-51(75)32(2)30-69(50)61(84)48(34(4)71)65-58(81)49(53(77)52(76)39-17-21-41(72)22-18-39)66-57(80)45-28-42(73)31-68(45)60(83)47(33(3)70)64-56(44)79/h9-24,32-34,42,44-54,62,70-77H,6-8,25-31H2,1-5H3,(H,63,78)(H,64,79)(H,65,81)(H,66,80)(H,67,82)/t32-,33+,34+,42+,44+,45?,46+,47?,48?,49?,50?,51-,52-,53-,54?/m0/s1. The smallest absolute Gasteiger partial charge is 0.251 e. The molecule has 7 amide bonds. The Hall–Kier alpha value is -7.59. The third-order valence-electron chi connectivity index (χ3n) is 15.7. The highest BCUT2D eigenvalue weighted by atomic mass is 16.5. The Morgan fingerprint density at radius 3 is 1.77 bits per heavy atom. The van der Waals surface area contributed by atoms with Crippen molar-refractivity contribution in [3.8, 4) is 33.8 Å². The minimum absolute atomic E-state index is 0.00959. The minimum Gasteiger partial charge on any atom is -0.508 e. The lowest BCUT2D eigenvalue weighted by Crippen LogP contribution is -2.64. The van der Waals surface area contributed by atoms with E-state index in [-0.39, 0.29) is 36.6 Å². The molecule has 3 aliphatic heterocycles. The number of aliphatic hydroxyl groups is 7. The molecule has 15 atom stereocenters. The monoisotopic (exact) mass is 1200 g/mol. The van der Waals surface area contributed by atoms with Gasteiger partial charge in [-0.1, -0.05) is 87.4 Å². The van der Waals surface area contributed by atoms with E-state index in [2.05, 4.69) is 38.8 Å². The Balaban J connectivity index is 1.22. The highest BCUT2D eigenvalue weighted by Gasteiger charge is 2.50. The Morgan fingerprint density at radius 2 is 1.20 bits per heavy atom. The molecule has 3 heterocycles. The first-order valence-corrected chi connectivity index (χ1v) is 28.9. The van der Waals surface area contributed by atoms with E-state index < -0.39 is 152 Å². The van der Waals surface area contributed by atoms with Crippen molar-refractivity contribution in [3.05, 3.63) is 108 Å². The van der Waals surface area contributed by atoms with Crippen molar-refractivity contribution in [2.75, 3.05) is 40.0 Å². The van der Waals surface area contributed by atoms with Crippen molar-refractivity contribution >= 4 is 41.4 Å². The van der Waals surface area contributed by atoms with E-state index in [0.717, 1.165) is 70.9 Å². The van der Waals surface area contributed by atoms with Crippen LogP contribution >= 0.6 is 0 Å². The molecule has 0 radical (unpaired) electrons. The van der Waals surface area contributed by atoms with Gasteiger partial charge in [-0.3, -0.25) is 38.9 Å². The molecule has 3 aliphatic rings. The molecule has 6 unspecified atom stereocenters. The number of aliphatic hydroxyl groups excluding tert-OH is 7. The number of hydrogen-bond acceptors (Lipinski definition) is 18. The predicted octanol–water partition coefficient (Wildman–Crippen LogP) is -0.683. The topological polar surface area (TPSA) is 378 Å². The van der Waals surface area contributed by atoms with Crippen LogP contribution in [-0.4, -0.2) is 211 Å². The number of rotatable bonds is 18. The lowest BCUT2D eigenvalue weighted by molar-refractivity contribution is -0.148. The maximum atomic E-state index is 14.7. The summed E-state index contributed by atoms with van der Waals surface area (Å²) in [5.74, 6) is -8.17. The maximum absolute atomic E-state index is 14.7. The first-order valence-electron chi connectivity index (χ1n) is 28.9. The summed E-state index contributed by atoms with van der Waals surface area (Å²) >= 11 is 0. The van der Waals surface area contributed by atoms with Crippen LogP contribution in [-0.2, 0) is 33.5 Å². The fourth-order valence-corrected chi connectivity index (χ4v) is 10.7. The van der Waals surface area contributed by atoms with Crippen LogP contribution in [0.2, 0.25) is 0 Å². The number of hydrogen-bond donors (Lipinski definition) is 14. The van der Waals surface area contributed by atoms with E-state index in [1.807, 2.05) is 48.5 Å². The van der Waals surface area contributed by atoms with Gasteiger partial charge in [0.15, 0.2) is 0 Å². The molecule has 0 saturated carbocycles. The molecular weight excluding hydrogens is 1120 g/mol. The SMILES string of the molecule is CCCCCOc1ccc(-c2ccc(-c3ccc(C(=O)N[C@@H]4C[C@@H](O)C(NCCOC)NC(=O)C5[C@@H](O)[C@@H](C)CN5C(=O)C([C@@H](C)O)NC(=O)C([C@H](O)[C@@H](O)c5ccc(O)cc5)NC(=O)C5C[C@@H](O)CN5C(=O)C([C@@H](C)O)NC4=O)cc3)cc2)cc1. The van der Waals surface area contributed by atoms with E-state index in [0.29, 0.717) is 6.61 Å². The van der Waals surface area contributed by atoms with Gasteiger partial charge in [0.25, 0.3) is 5.91 Å². The third-order valence-corrected chi connectivity index (χ3v) is 15.7. The fraction of sp³-hybridized carbons (Fsp3) is 0.492. The summed E-state index contributed by atoms with van der Waals surface area (Å²) in [6.45, 7) is 5.62. The van der Waals surface area contributed by atoms with Crippen molar-refractivity contribution in [1.29, 1.82) is 0 Å². The highest BCUT2D eigenvalue weighted by Crippen LogP contribution is 2.30. The summed E-state index contributed by atoms with van der Waals surface area (Å²) in [4.78, 5) is 103. The molecule has 4 aromatic carbocycles. The second kappa shape index (κ2) is 30.2. The number of ether oxygens (including phenoxy) is 2. The summed E-state index contributed by atoms with van der Waals surface area (Å²) < 4.78 is 11.1. The molecule has 4 aromatic rings. The lowest BCUT2D eigenvalue weighted by Gasteiger charge is -2.34. The van der Waals surface area contributed by atoms with Gasteiger partial charge in [0.05, 0.1) is 43.7 Å². The molecule has 25 nitrogen and oxygen atoms in total. The van der Waals surface area contributed by atoms with Gasteiger partial charge in [0.1, 0.15) is 66.1 Å². The van der Waals surface area contributed by atoms with Crippen molar-refractivity contribution in [3.63, 3.8) is 0 Å². The van der Waals surface area contributed by atoms with E-state index in [1.54, 1.807) is 12.1 Å². The van der Waals surface area contributed by atoms with Crippen molar-refractivity contribution in [2.45, 2.75) is 145 Å². The minimum atomic E-state index is -2.28. The second-order valence-corrected chi connectivity index (χ2v) is 22.3. The molecule has 0 aliphatic carbocycles. The number of methoxy groups -OCH3 is 1. The summed E-state index contributed by atoms with van der Waals surface area (Å²) in [6.07, 6.45) is -12.2. The normalized spacial score (nSPS) is 26.8. The van der Waals surface area contributed by atoms with Crippen molar-refractivity contribution in [2.24, 2.45) is 5.92 Å². The van der Waals surface area contributed by atoms with Gasteiger partial charge in [-0.25, -0.2) is 0 Å². The zero-order valence-corrected chi connectivity index (χ0v) is 48.6. The quantitative estimate of drug-likeness (QED) is 0.0549. The van der Waals surface area contributed by atoms with E-state index in [9.17, 15) is 74.4 Å². The molecule has 3 saturated heterocycles. The van der Waals surface area contributed by atoms with E-state index in [4.69, 9.17) is 9.47 Å². The highest BCUT2D eigenvalue weighted by molar-refractivity contribution is 6.00. The van der Waals surface area contributed by atoms with Gasteiger partial charge in [0, 0.05) is 51.1 Å². The van der Waals surface area contributed by atoms with Gasteiger partial charge < -0.3 is 86.7 Å². The summed E-state index contributed by atoms with van der Waals surface area (Å²) in [7, 11) is 1.38. The van der Waals surface area contributed by atoms with Crippen LogP contribution in [0.1, 0.15) is 81.8 Å². The number of benzene rings is 4. The number of carbonyl (C=O) groups excluding carboxylic acids is 7. The largest absolute Gasteiger partial charge is 0.508 e. The van der Waals surface area contributed by atoms with Crippen LogP contribution < -0.4 is 36.6 Å². The first kappa shape index (κ1) is 65.9. The zero-order valence-electron chi connectivity index (χ0n) is 48.6. The van der Waals surface area contributed by atoms with Gasteiger partial charge in [-0.15, -0.1) is 0 Å². The van der Waals surface area contributed by atoms with Gasteiger partial charge in [-0.2, -0.15) is 0 Å². The van der Waals surface area contributed by atoms with Crippen LogP contribution in [0.4, 0.5) is 0 Å². The number of unbranched alkanes of at least 4 members (excludes halogenated alkanes) is 2. The average Bonchev–Trinajstić information content (AvgIpc) is 2.84. The Labute approximate surface area is 498 Å². The Morgan fingerprint density at radius 1 is 0.651 bits per heavy atom. The van der Waals surface area contributed by atoms with Gasteiger partial charge in [-0.05, 0) is 84.5 Å². The summed E-state index contributed by atoms with van der Waals surface area (Å²) in [5.41, 5.74) is 3.48. The summed E-state index contributed by atoms with van der Waals surface area (Å²) in [6, 6.07) is 15.3. The van der Waals surface area contributed by atoms with E-state index >= 15 is 0 Å². The number of phenolic OH excluding ortho intramolecular Hbond substituents is 1. The first-order chi connectivity index (χ1) is 41.0. The Bertz CT molecular complexity index is 2950. The second-order valence-electron chi connectivity index (χ2n) is 22.3. The van der Waals surface area contributed by atoms with Gasteiger partial charge >= 0.3 is 0 Å². The number of nitrogens with zero attached hydrogens (tertiary/aromatic N) is 2. The average molecular weight is 1200 g/mol. The van der Waals surface area contributed by atoms with Crippen molar-refractivity contribution in [1.82, 2.24) is 41.7 Å². The molecule has 86 heavy (non-hydrogen) atoms. The lowest BCUT2D eigenvalue weighted by atomic mass is 9.96. The molecule has 466 valence electrons. The van der Waals surface area contributed by atoms with Crippen LogP contribution in [0.3, 0.4) is 0 Å². The van der Waals surface area contributed by atoms with Crippen LogP contribution in [0.15, 0.2) is 97.1 Å². The fourth-order valence-electron chi connectivity index (χ4n) is 10.7. The molecular formula is C61H80N8O17. The molecule has 3 fully saturated rings. The number of carbonyl (C=O) groups is 7. The molecule has 25 heteroatoms. The van der Waals surface area contributed by atoms with Crippen LogP contribution in [0.5, 0.6) is 11.5 Å². The maximum Gasteiger partial charge on any atom is 0.251 e. The predicted molar refractivity (Wildman–Crippen MR) is 311 cm³/mol. The number of fused-ring (bicyclic) bond motifs is 2. The molecule has 14 N–H and O–H groups in total. The molecule has 0 aromatic heterocycles.